The van der Waals surface area contributed by atoms with Crippen LogP contribution < -0.4 is 14.2 Å². The van der Waals surface area contributed by atoms with E-state index >= 15 is 0 Å². The zero-order valence-electron chi connectivity index (χ0n) is 15.5. The quantitative estimate of drug-likeness (QED) is 0.433. The lowest BCUT2D eigenvalue weighted by atomic mass is 10.2. The van der Waals surface area contributed by atoms with Gasteiger partial charge in [-0.15, -0.1) is 0 Å². The molecule has 5 heteroatoms. The van der Waals surface area contributed by atoms with Crippen molar-refractivity contribution < 1.29 is 23.8 Å². The van der Waals surface area contributed by atoms with Crippen LogP contribution >= 0.6 is 0 Å². The van der Waals surface area contributed by atoms with Crippen molar-refractivity contribution in [3.63, 3.8) is 0 Å². The predicted octanol–water partition coefficient (Wildman–Crippen LogP) is 4.91. The lowest BCUT2D eigenvalue weighted by molar-refractivity contribution is 0.0677. The molecule has 0 N–H and O–H groups in total. The number of hydrogen-bond donors (Lipinski definition) is 0. The lowest BCUT2D eigenvalue weighted by Crippen LogP contribution is -2.13. The Morgan fingerprint density at radius 3 is 1.79 bits per heavy atom. The third kappa shape index (κ3) is 4.76. The number of esters is 2. The summed E-state index contributed by atoms with van der Waals surface area (Å²) in [5.74, 6) is -0.583. The topological polar surface area (TPSA) is 61.8 Å². The van der Waals surface area contributed by atoms with Crippen LogP contribution in [-0.2, 0) is 0 Å². The van der Waals surface area contributed by atoms with Crippen molar-refractivity contribution in [2.24, 2.45) is 0 Å². The average Bonchev–Trinajstić information content (AvgIpc) is 2.75. The van der Waals surface area contributed by atoms with Gasteiger partial charge in [-0.25, -0.2) is 9.59 Å². The molecule has 0 unspecified atom stereocenters. The fourth-order valence-electron chi connectivity index (χ4n) is 2.46. The first-order chi connectivity index (χ1) is 13.7. The molecule has 0 aromatic heterocycles. The van der Waals surface area contributed by atoms with Crippen LogP contribution in [0.5, 0.6) is 17.2 Å². The van der Waals surface area contributed by atoms with Gasteiger partial charge in [-0.3, -0.25) is 0 Å². The highest BCUT2D eigenvalue weighted by molar-refractivity contribution is 5.93. The van der Waals surface area contributed by atoms with Crippen molar-refractivity contribution in [1.29, 1.82) is 0 Å². The summed E-state index contributed by atoms with van der Waals surface area (Å²) in [5, 5.41) is 0. The van der Waals surface area contributed by atoms with Crippen LogP contribution in [0.1, 0.15) is 34.1 Å². The maximum absolute atomic E-state index is 12.5. The molecule has 0 saturated carbocycles. The number of hydrogen-bond acceptors (Lipinski definition) is 5. The first kappa shape index (κ1) is 19.2. The first-order valence-corrected chi connectivity index (χ1v) is 8.99. The third-order valence-corrected chi connectivity index (χ3v) is 3.82. The van der Waals surface area contributed by atoms with E-state index < -0.39 is 11.9 Å². The van der Waals surface area contributed by atoms with Crippen LogP contribution in [0.2, 0.25) is 0 Å². The smallest absolute Gasteiger partial charge is 0.343 e. The van der Waals surface area contributed by atoms with E-state index in [0.717, 1.165) is 6.42 Å². The lowest BCUT2D eigenvalue weighted by Gasteiger charge is -2.15. The van der Waals surface area contributed by atoms with Gasteiger partial charge in [0, 0.05) is 0 Å². The van der Waals surface area contributed by atoms with E-state index in [2.05, 4.69) is 0 Å². The van der Waals surface area contributed by atoms with Gasteiger partial charge in [-0.2, -0.15) is 0 Å². The van der Waals surface area contributed by atoms with Crippen molar-refractivity contribution in [3.05, 3.63) is 90.0 Å². The zero-order chi connectivity index (χ0) is 19.8. The number of carbonyl (C=O) groups excluding carboxylic acids is 2. The second kappa shape index (κ2) is 9.37. The van der Waals surface area contributed by atoms with E-state index in [1.165, 1.54) is 0 Å². The molecule has 0 spiro atoms. The third-order valence-electron chi connectivity index (χ3n) is 3.82. The van der Waals surface area contributed by atoms with Gasteiger partial charge in [0.2, 0.25) is 5.75 Å². The monoisotopic (exact) mass is 376 g/mol. The summed E-state index contributed by atoms with van der Waals surface area (Å²) in [6.45, 7) is 2.40. The molecular weight excluding hydrogens is 356 g/mol. The van der Waals surface area contributed by atoms with Gasteiger partial charge in [-0.1, -0.05) is 49.4 Å². The number of ether oxygens (including phenoxy) is 3. The van der Waals surface area contributed by atoms with Crippen molar-refractivity contribution in [1.82, 2.24) is 0 Å². The second-order valence-electron chi connectivity index (χ2n) is 5.94. The molecule has 0 bridgehead atoms. The fraction of sp³-hybridized carbons (Fsp3) is 0.130. The van der Waals surface area contributed by atoms with Crippen LogP contribution in [0.25, 0.3) is 0 Å². The van der Waals surface area contributed by atoms with Crippen molar-refractivity contribution in [2.75, 3.05) is 6.61 Å². The standard InChI is InChI=1S/C23H20O5/c1-2-16-26-19-14-9-15-20(27-22(24)17-10-5-3-6-11-17)21(19)28-23(25)18-12-7-4-8-13-18/h3-15H,2,16H2,1H3. The normalized spacial score (nSPS) is 10.2. The molecule has 5 nitrogen and oxygen atoms in total. The Balaban J connectivity index is 1.90. The highest BCUT2D eigenvalue weighted by Gasteiger charge is 2.20. The van der Waals surface area contributed by atoms with E-state index in [1.54, 1.807) is 66.7 Å². The molecule has 0 fully saturated rings. The number of benzene rings is 3. The Morgan fingerprint density at radius 1 is 0.679 bits per heavy atom. The zero-order valence-corrected chi connectivity index (χ0v) is 15.5. The van der Waals surface area contributed by atoms with Gasteiger partial charge in [-0.05, 0) is 42.8 Å². The van der Waals surface area contributed by atoms with E-state index in [-0.39, 0.29) is 11.5 Å². The molecule has 28 heavy (non-hydrogen) atoms. The molecule has 3 aromatic rings. The highest BCUT2D eigenvalue weighted by atomic mass is 16.6. The summed E-state index contributed by atoms with van der Waals surface area (Å²) in [4.78, 5) is 25.0. The molecule has 0 atom stereocenters. The van der Waals surface area contributed by atoms with E-state index in [1.807, 2.05) is 19.1 Å². The van der Waals surface area contributed by atoms with Crippen molar-refractivity contribution >= 4 is 11.9 Å². The summed E-state index contributed by atoms with van der Waals surface area (Å²) in [6, 6.07) is 22.1. The largest absolute Gasteiger partial charge is 0.490 e. The van der Waals surface area contributed by atoms with Gasteiger partial charge >= 0.3 is 11.9 Å². The van der Waals surface area contributed by atoms with Gasteiger partial charge in [0.15, 0.2) is 11.5 Å². The summed E-state index contributed by atoms with van der Waals surface area (Å²) in [5.41, 5.74) is 0.774. The minimum Gasteiger partial charge on any atom is -0.490 e. The molecule has 3 rings (SSSR count). The Hall–Kier alpha value is -3.60. The van der Waals surface area contributed by atoms with Crippen LogP contribution in [-0.4, -0.2) is 18.5 Å². The second-order valence-corrected chi connectivity index (χ2v) is 5.94. The van der Waals surface area contributed by atoms with E-state index in [0.29, 0.717) is 23.5 Å². The SMILES string of the molecule is CCCOc1cccc(OC(=O)c2ccccc2)c1OC(=O)c1ccccc1. The van der Waals surface area contributed by atoms with Gasteiger partial charge in [0.25, 0.3) is 0 Å². The molecule has 0 aliphatic rings. The average molecular weight is 376 g/mol. The van der Waals surface area contributed by atoms with Crippen LogP contribution in [0.15, 0.2) is 78.9 Å². The van der Waals surface area contributed by atoms with Crippen molar-refractivity contribution in [3.8, 4) is 17.2 Å². The Kier molecular flexibility index (Phi) is 6.41. The van der Waals surface area contributed by atoms with E-state index in [4.69, 9.17) is 14.2 Å². The number of rotatable bonds is 7. The Labute approximate surface area is 163 Å². The predicted molar refractivity (Wildman–Crippen MR) is 105 cm³/mol. The van der Waals surface area contributed by atoms with Gasteiger partial charge < -0.3 is 14.2 Å². The summed E-state index contributed by atoms with van der Waals surface area (Å²) in [7, 11) is 0. The van der Waals surface area contributed by atoms with Gasteiger partial charge in [0.05, 0.1) is 17.7 Å². The molecule has 0 heterocycles. The molecule has 0 radical (unpaired) electrons. The molecular formula is C23H20O5. The molecule has 0 aliphatic carbocycles. The minimum atomic E-state index is -0.565. The van der Waals surface area contributed by atoms with Crippen LogP contribution in [0.4, 0.5) is 0 Å². The van der Waals surface area contributed by atoms with Crippen LogP contribution in [0, 0.1) is 0 Å². The summed E-state index contributed by atoms with van der Waals surface area (Å²) in [6.07, 6.45) is 0.778. The van der Waals surface area contributed by atoms with Crippen LogP contribution in [0.3, 0.4) is 0 Å². The maximum atomic E-state index is 12.5. The van der Waals surface area contributed by atoms with Crippen molar-refractivity contribution in [2.45, 2.75) is 13.3 Å². The minimum absolute atomic E-state index is 0.0779. The summed E-state index contributed by atoms with van der Waals surface area (Å²) >= 11 is 0. The molecule has 142 valence electrons. The maximum Gasteiger partial charge on any atom is 0.343 e. The highest BCUT2D eigenvalue weighted by Crippen LogP contribution is 2.38. The summed E-state index contributed by atoms with van der Waals surface area (Å²) < 4.78 is 16.7. The molecule has 0 amide bonds. The Bertz CT molecular complexity index is 936. The number of para-hydroxylation sites is 1. The fourth-order valence-corrected chi connectivity index (χ4v) is 2.46. The first-order valence-electron chi connectivity index (χ1n) is 8.99. The molecule has 0 saturated heterocycles. The molecule has 3 aromatic carbocycles. The Morgan fingerprint density at radius 2 is 1.21 bits per heavy atom. The van der Waals surface area contributed by atoms with E-state index in [9.17, 15) is 9.59 Å². The van der Waals surface area contributed by atoms with Gasteiger partial charge in [0.1, 0.15) is 0 Å². The number of carbonyl (C=O) groups is 2. The molecule has 0 aliphatic heterocycles.